The van der Waals surface area contributed by atoms with Crippen LogP contribution in [0.3, 0.4) is 0 Å². The lowest BCUT2D eigenvalue weighted by Crippen LogP contribution is -2.50. The summed E-state index contributed by atoms with van der Waals surface area (Å²) in [5.41, 5.74) is 0.753. The number of nitrogens with zero attached hydrogens (tertiary/aromatic N) is 2. The smallest absolute Gasteiger partial charge is 0.262 e. The highest BCUT2D eigenvalue weighted by molar-refractivity contribution is 6.22. The molecule has 26 heavy (non-hydrogen) atoms. The highest BCUT2D eigenvalue weighted by atomic mass is 35.5. The molecule has 0 aliphatic carbocycles. The van der Waals surface area contributed by atoms with Crippen molar-refractivity contribution in [3.63, 3.8) is 0 Å². The van der Waals surface area contributed by atoms with E-state index in [2.05, 4.69) is 5.32 Å². The maximum atomic E-state index is 12.7. The van der Waals surface area contributed by atoms with Crippen LogP contribution in [0, 0.1) is 5.92 Å². The summed E-state index contributed by atoms with van der Waals surface area (Å²) in [5, 5.41) is 2.88. The van der Waals surface area contributed by atoms with Gasteiger partial charge >= 0.3 is 0 Å². The van der Waals surface area contributed by atoms with E-state index in [4.69, 9.17) is 0 Å². The Morgan fingerprint density at radius 1 is 1.12 bits per heavy atom. The number of fused-ring (bicyclic) bond motifs is 1. The highest BCUT2D eigenvalue weighted by Crippen LogP contribution is 2.26. The van der Waals surface area contributed by atoms with Crippen LogP contribution in [0.1, 0.15) is 47.4 Å². The Labute approximate surface area is 161 Å². The van der Waals surface area contributed by atoms with E-state index < -0.39 is 6.04 Å². The van der Waals surface area contributed by atoms with Crippen LogP contribution in [-0.2, 0) is 4.79 Å². The molecule has 6 nitrogen and oxygen atoms in total. The Hall–Kier alpha value is -1.92. The molecule has 1 aromatic rings. The molecule has 0 bridgehead atoms. The Morgan fingerprint density at radius 3 is 2.12 bits per heavy atom. The van der Waals surface area contributed by atoms with Crippen LogP contribution in [0.2, 0.25) is 0 Å². The summed E-state index contributed by atoms with van der Waals surface area (Å²) in [5.74, 6) is -0.840. The number of imide groups is 1. The molecule has 7 heteroatoms. The van der Waals surface area contributed by atoms with Crippen molar-refractivity contribution >= 4 is 30.1 Å². The molecule has 0 radical (unpaired) electrons. The van der Waals surface area contributed by atoms with E-state index in [-0.39, 0.29) is 36.0 Å². The van der Waals surface area contributed by atoms with Crippen molar-refractivity contribution in [2.24, 2.45) is 5.92 Å². The maximum absolute atomic E-state index is 12.7. The molecule has 1 aliphatic rings. The van der Waals surface area contributed by atoms with Crippen molar-refractivity contribution in [1.82, 2.24) is 15.1 Å². The number of benzene rings is 1. The van der Waals surface area contributed by atoms with Gasteiger partial charge in [0.2, 0.25) is 5.91 Å². The van der Waals surface area contributed by atoms with Crippen LogP contribution in [0.4, 0.5) is 0 Å². The molecule has 1 N–H and O–H groups in total. The van der Waals surface area contributed by atoms with Gasteiger partial charge in [0, 0.05) is 6.54 Å². The minimum absolute atomic E-state index is 0. The first-order valence-corrected chi connectivity index (χ1v) is 8.72. The summed E-state index contributed by atoms with van der Waals surface area (Å²) in [7, 11) is 3.95. The molecular formula is C19H28ClN3O3. The minimum atomic E-state index is -0.772. The van der Waals surface area contributed by atoms with E-state index in [1.165, 1.54) is 0 Å². The SMILES string of the molecule is CC(C)CC(C(=O)NCCCN(C)C)N1C(=O)c2ccccc2C1=O.Cl. The van der Waals surface area contributed by atoms with Gasteiger partial charge in [0.05, 0.1) is 11.1 Å². The molecule has 0 saturated carbocycles. The molecule has 3 amide bonds. The highest BCUT2D eigenvalue weighted by Gasteiger charge is 2.42. The van der Waals surface area contributed by atoms with Crippen LogP contribution < -0.4 is 5.32 Å². The summed E-state index contributed by atoms with van der Waals surface area (Å²) in [6.45, 7) is 5.34. The van der Waals surface area contributed by atoms with Gasteiger partial charge in [-0.1, -0.05) is 26.0 Å². The first-order chi connectivity index (χ1) is 11.8. The first kappa shape index (κ1) is 22.1. The lowest BCUT2D eigenvalue weighted by atomic mass is 10.0. The Kier molecular flexibility index (Phi) is 8.24. The second-order valence-corrected chi connectivity index (χ2v) is 7.12. The summed E-state index contributed by atoms with van der Waals surface area (Å²) in [6, 6.07) is 5.96. The molecule has 0 aromatic heterocycles. The average Bonchev–Trinajstić information content (AvgIpc) is 2.81. The van der Waals surface area contributed by atoms with Gasteiger partial charge < -0.3 is 10.2 Å². The monoisotopic (exact) mass is 381 g/mol. The minimum Gasteiger partial charge on any atom is -0.354 e. The molecule has 1 aliphatic heterocycles. The predicted molar refractivity (Wildman–Crippen MR) is 104 cm³/mol. The number of nitrogens with one attached hydrogen (secondary N) is 1. The summed E-state index contributed by atoms with van der Waals surface area (Å²) in [6.07, 6.45) is 1.26. The number of amides is 3. The van der Waals surface area contributed by atoms with Crippen molar-refractivity contribution in [3.05, 3.63) is 35.4 Å². The van der Waals surface area contributed by atoms with Gasteiger partial charge in [0.25, 0.3) is 11.8 Å². The summed E-state index contributed by atoms with van der Waals surface area (Å²) in [4.78, 5) is 41.2. The molecule has 0 spiro atoms. The van der Waals surface area contributed by atoms with Crippen LogP contribution in [0.15, 0.2) is 24.3 Å². The molecule has 1 aromatic carbocycles. The standard InChI is InChI=1S/C19H27N3O3.ClH/c1-13(2)12-16(17(23)20-10-7-11-21(3)4)22-18(24)14-8-5-6-9-15(14)19(22)25;/h5-6,8-9,13,16H,7,10-12H2,1-4H3,(H,20,23);1H. The molecule has 0 saturated heterocycles. The zero-order valence-corrected chi connectivity index (χ0v) is 16.6. The quantitative estimate of drug-likeness (QED) is 0.553. The third-order valence-corrected chi connectivity index (χ3v) is 4.22. The van der Waals surface area contributed by atoms with Crippen molar-refractivity contribution in [2.75, 3.05) is 27.2 Å². The number of carbonyl (C=O) groups excluding carboxylic acids is 3. The van der Waals surface area contributed by atoms with E-state index in [0.29, 0.717) is 24.1 Å². The lowest BCUT2D eigenvalue weighted by Gasteiger charge is -2.26. The number of rotatable bonds is 8. The van der Waals surface area contributed by atoms with E-state index in [0.717, 1.165) is 17.9 Å². The molecule has 0 fully saturated rings. The zero-order chi connectivity index (χ0) is 18.6. The maximum Gasteiger partial charge on any atom is 0.262 e. The summed E-state index contributed by atoms with van der Waals surface area (Å²) >= 11 is 0. The van der Waals surface area contributed by atoms with Gasteiger partial charge in [-0.3, -0.25) is 19.3 Å². The van der Waals surface area contributed by atoms with Gasteiger partial charge in [-0.2, -0.15) is 0 Å². The number of hydrogen-bond acceptors (Lipinski definition) is 4. The average molecular weight is 382 g/mol. The van der Waals surface area contributed by atoms with E-state index in [9.17, 15) is 14.4 Å². The number of carbonyl (C=O) groups is 3. The molecule has 1 atom stereocenters. The fourth-order valence-electron chi connectivity index (χ4n) is 2.99. The van der Waals surface area contributed by atoms with Crippen molar-refractivity contribution in [3.8, 4) is 0 Å². The molecule has 2 rings (SSSR count). The van der Waals surface area contributed by atoms with Crippen molar-refractivity contribution < 1.29 is 14.4 Å². The fraction of sp³-hybridized carbons (Fsp3) is 0.526. The van der Waals surface area contributed by atoms with Crippen molar-refractivity contribution in [1.29, 1.82) is 0 Å². The van der Waals surface area contributed by atoms with Crippen LogP contribution in [0.25, 0.3) is 0 Å². The third kappa shape index (κ3) is 5.05. The Morgan fingerprint density at radius 2 is 1.65 bits per heavy atom. The Balaban J connectivity index is 0.00000338. The topological polar surface area (TPSA) is 69.7 Å². The lowest BCUT2D eigenvalue weighted by molar-refractivity contribution is -0.125. The van der Waals surface area contributed by atoms with E-state index in [1.807, 2.05) is 32.8 Å². The molecule has 1 heterocycles. The normalized spacial score (nSPS) is 14.5. The van der Waals surface area contributed by atoms with Crippen LogP contribution in [0.5, 0.6) is 0 Å². The second kappa shape index (κ2) is 9.69. The summed E-state index contributed by atoms with van der Waals surface area (Å²) < 4.78 is 0. The van der Waals surface area contributed by atoms with Gasteiger partial charge in [-0.15, -0.1) is 12.4 Å². The van der Waals surface area contributed by atoms with Gasteiger partial charge in [0.15, 0.2) is 0 Å². The van der Waals surface area contributed by atoms with Gasteiger partial charge in [0.1, 0.15) is 6.04 Å². The number of hydrogen-bond donors (Lipinski definition) is 1. The predicted octanol–water partition coefficient (Wildman–Crippen LogP) is 2.19. The third-order valence-electron chi connectivity index (χ3n) is 4.22. The van der Waals surface area contributed by atoms with Crippen molar-refractivity contribution in [2.45, 2.75) is 32.7 Å². The largest absolute Gasteiger partial charge is 0.354 e. The zero-order valence-electron chi connectivity index (χ0n) is 15.8. The fourth-order valence-corrected chi connectivity index (χ4v) is 2.99. The second-order valence-electron chi connectivity index (χ2n) is 7.12. The number of halogens is 1. The van der Waals surface area contributed by atoms with Gasteiger partial charge in [-0.25, -0.2) is 0 Å². The van der Waals surface area contributed by atoms with E-state index in [1.54, 1.807) is 24.3 Å². The van der Waals surface area contributed by atoms with E-state index >= 15 is 0 Å². The Bertz CT molecular complexity index is 626. The molecule has 144 valence electrons. The van der Waals surface area contributed by atoms with Gasteiger partial charge in [-0.05, 0) is 51.5 Å². The van der Waals surface area contributed by atoms with Crippen LogP contribution in [-0.4, -0.2) is 60.7 Å². The first-order valence-electron chi connectivity index (χ1n) is 8.72. The van der Waals surface area contributed by atoms with Crippen LogP contribution >= 0.6 is 12.4 Å². The molecular weight excluding hydrogens is 354 g/mol. The molecule has 1 unspecified atom stereocenters.